The number of benzene rings is 2. The van der Waals surface area contributed by atoms with E-state index in [-0.39, 0.29) is 16.7 Å². The topological polar surface area (TPSA) is 75.7 Å². The summed E-state index contributed by atoms with van der Waals surface area (Å²) in [6.45, 7) is 9.67. The molecule has 0 atom stereocenters. The highest BCUT2D eigenvalue weighted by Gasteiger charge is 2.23. The van der Waals surface area contributed by atoms with Crippen LogP contribution in [0.2, 0.25) is 0 Å². The van der Waals surface area contributed by atoms with E-state index in [1.54, 1.807) is 30.3 Å². The number of carbonyl (C=O) groups is 1. The number of amides is 1. The van der Waals surface area contributed by atoms with Crippen LogP contribution in [0.25, 0.3) is 0 Å². The Morgan fingerprint density at radius 3 is 2.40 bits per heavy atom. The summed E-state index contributed by atoms with van der Waals surface area (Å²) in [4.78, 5) is 14.3. The molecule has 162 valence electrons. The zero-order chi connectivity index (χ0) is 21.9. The summed E-state index contributed by atoms with van der Waals surface area (Å²) in [5, 5.41) is 0. The maximum Gasteiger partial charge on any atom is 0.261 e. The van der Waals surface area contributed by atoms with Crippen LogP contribution < -0.4 is 9.46 Å². The number of anilines is 1. The maximum absolute atomic E-state index is 12.8. The first-order valence-corrected chi connectivity index (χ1v) is 11.8. The van der Waals surface area contributed by atoms with E-state index in [4.69, 9.17) is 4.74 Å². The van der Waals surface area contributed by atoms with E-state index in [9.17, 15) is 13.2 Å². The first kappa shape index (κ1) is 22.2. The highest BCUT2D eigenvalue weighted by atomic mass is 32.2. The largest absolute Gasteiger partial charge is 0.493 e. The van der Waals surface area contributed by atoms with Crippen molar-refractivity contribution in [3.8, 4) is 5.75 Å². The Morgan fingerprint density at radius 2 is 1.77 bits per heavy atom. The Kier molecular flexibility index (Phi) is 6.71. The highest BCUT2D eigenvalue weighted by Crippen LogP contribution is 2.26. The van der Waals surface area contributed by atoms with Crippen molar-refractivity contribution in [2.75, 3.05) is 17.9 Å². The van der Waals surface area contributed by atoms with Gasteiger partial charge in [-0.05, 0) is 59.9 Å². The molecule has 1 heterocycles. The van der Waals surface area contributed by atoms with Crippen LogP contribution >= 0.6 is 0 Å². The maximum atomic E-state index is 12.8. The summed E-state index contributed by atoms with van der Waals surface area (Å²) in [7, 11) is -3.72. The number of hydrogen-bond acceptors (Lipinski definition) is 4. The molecule has 3 rings (SSSR count). The fourth-order valence-corrected chi connectivity index (χ4v) is 4.42. The molecule has 6 nitrogen and oxygen atoms in total. The molecule has 7 heteroatoms. The van der Waals surface area contributed by atoms with Crippen molar-refractivity contribution < 1.29 is 17.9 Å². The van der Waals surface area contributed by atoms with Crippen LogP contribution in [-0.2, 0) is 27.8 Å². The average Bonchev–Trinajstić information content (AvgIpc) is 2.71. The van der Waals surface area contributed by atoms with E-state index in [0.29, 0.717) is 37.1 Å². The van der Waals surface area contributed by atoms with E-state index in [2.05, 4.69) is 18.6 Å². The molecule has 0 unspecified atom stereocenters. The lowest BCUT2D eigenvalue weighted by atomic mass is 9.98. The second-order valence-corrected chi connectivity index (χ2v) is 10.1. The molecular formula is C23H30N2O4S. The normalized spacial score (nSPS) is 14.0. The number of sulfonamides is 1. The van der Waals surface area contributed by atoms with Gasteiger partial charge in [0.2, 0.25) is 5.91 Å². The number of hydrogen-bond donors (Lipinski definition) is 1. The Morgan fingerprint density at radius 1 is 1.07 bits per heavy atom. The van der Waals surface area contributed by atoms with Crippen molar-refractivity contribution in [1.82, 2.24) is 4.90 Å². The minimum atomic E-state index is -3.72. The zero-order valence-corrected chi connectivity index (χ0v) is 18.8. The molecule has 0 bridgehead atoms. The highest BCUT2D eigenvalue weighted by molar-refractivity contribution is 7.92. The van der Waals surface area contributed by atoms with Gasteiger partial charge in [0, 0.05) is 24.7 Å². The molecule has 2 aromatic rings. The van der Waals surface area contributed by atoms with Gasteiger partial charge in [0.15, 0.2) is 0 Å². The number of fused-ring (bicyclic) bond motifs is 1. The molecule has 0 radical (unpaired) electrons. The Balaban J connectivity index is 1.73. The quantitative estimate of drug-likeness (QED) is 0.719. The van der Waals surface area contributed by atoms with E-state index < -0.39 is 10.0 Å². The number of ether oxygens (including phenoxy) is 1. The van der Waals surface area contributed by atoms with Crippen LogP contribution in [0.4, 0.5) is 5.69 Å². The van der Waals surface area contributed by atoms with E-state index >= 15 is 0 Å². The van der Waals surface area contributed by atoms with Crippen molar-refractivity contribution in [1.29, 1.82) is 0 Å². The van der Waals surface area contributed by atoms with Crippen LogP contribution in [0.15, 0.2) is 47.4 Å². The molecule has 1 N–H and O–H groups in total. The summed E-state index contributed by atoms with van der Waals surface area (Å²) in [5.41, 5.74) is 2.62. The summed E-state index contributed by atoms with van der Waals surface area (Å²) < 4.78 is 33.8. The van der Waals surface area contributed by atoms with Crippen molar-refractivity contribution >= 4 is 21.6 Å². The van der Waals surface area contributed by atoms with Gasteiger partial charge in [-0.2, -0.15) is 0 Å². The number of carbonyl (C=O) groups excluding carboxylic acids is 1. The molecule has 0 saturated carbocycles. The third-order valence-electron chi connectivity index (χ3n) is 4.99. The first-order valence-electron chi connectivity index (χ1n) is 10.3. The zero-order valence-electron chi connectivity index (χ0n) is 18.0. The molecule has 0 aromatic heterocycles. The fraction of sp³-hybridized carbons (Fsp3) is 0.435. The lowest BCUT2D eigenvalue weighted by Crippen LogP contribution is -2.38. The van der Waals surface area contributed by atoms with Gasteiger partial charge in [-0.25, -0.2) is 8.42 Å². The predicted molar refractivity (Wildman–Crippen MR) is 118 cm³/mol. The van der Waals surface area contributed by atoms with E-state index in [1.165, 1.54) is 0 Å². The smallest absolute Gasteiger partial charge is 0.261 e. The van der Waals surface area contributed by atoms with Gasteiger partial charge < -0.3 is 9.64 Å². The molecule has 1 aliphatic heterocycles. The van der Waals surface area contributed by atoms with Crippen molar-refractivity contribution in [2.45, 2.75) is 45.6 Å². The first-order chi connectivity index (χ1) is 14.2. The number of nitrogens with one attached hydrogen (secondary N) is 1. The molecule has 1 amide bonds. The van der Waals surface area contributed by atoms with Gasteiger partial charge in [0.25, 0.3) is 10.0 Å². The van der Waals surface area contributed by atoms with Crippen molar-refractivity contribution in [3.05, 3.63) is 53.6 Å². The van der Waals surface area contributed by atoms with Gasteiger partial charge in [-0.3, -0.25) is 9.52 Å². The molecule has 0 spiro atoms. The number of nitrogens with zero attached hydrogens (tertiary/aromatic N) is 1. The number of rotatable bonds is 7. The van der Waals surface area contributed by atoms with Crippen LogP contribution in [0.5, 0.6) is 5.75 Å². The predicted octanol–water partition coefficient (Wildman–Crippen LogP) is 4.06. The molecule has 1 aliphatic rings. The monoisotopic (exact) mass is 430 g/mol. The molecule has 30 heavy (non-hydrogen) atoms. The summed E-state index contributed by atoms with van der Waals surface area (Å²) >= 11 is 0. The minimum Gasteiger partial charge on any atom is -0.493 e. The van der Waals surface area contributed by atoms with Gasteiger partial charge >= 0.3 is 0 Å². The Bertz CT molecular complexity index is 998. The third-order valence-corrected chi connectivity index (χ3v) is 6.39. The summed E-state index contributed by atoms with van der Waals surface area (Å²) in [5.74, 6) is 1.10. The fourth-order valence-electron chi connectivity index (χ4n) is 3.37. The van der Waals surface area contributed by atoms with Gasteiger partial charge in [-0.1, -0.05) is 33.8 Å². The SMILES string of the molecule is CC(C)COc1ccc(S(=O)(=O)Nc2ccc3c(c2)CN(C(=O)C(C)C)CC3)cc1. The Hall–Kier alpha value is -2.54. The van der Waals surface area contributed by atoms with Crippen LogP contribution in [0, 0.1) is 11.8 Å². The van der Waals surface area contributed by atoms with Crippen LogP contribution in [-0.4, -0.2) is 32.4 Å². The van der Waals surface area contributed by atoms with E-state index in [1.807, 2.05) is 30.9 Å². The van der Waals surface area contributed by atoms with Gasteiger partial charge in [0.05, 0.1) is 11.5 Å². The molecule has 2 aromatic carbocycles. The second kappa shape index (κ2) is 9.08. The van der Waals surface area contributed by atoms with Crippen LogP contribution in [0.1, 0.15) is 38.8 Å². The molecule has 0 aliphatic carbocycles. The van der Waals surface area contributed by atoms with Crippen LogP contribution in [0.3, 0.4) is 0 Å². The lowest BCUT2D eigenvalue weighted by molar-refractivity contribution is -0.135. The second-order valence-electron chi connectivity index (χ2n) is 8.43. The summed E-state index contributed by atoms with van der Waals surface area (Å²) in [6, 6.07) is 12.0. The average molecular weight is 431 g/mol. The van der Waals surface area contributed by atoms with Gasteiger partial charge in [0.1, 0.15) is 5.75 Å². The van der Waals surface area contributed by atoms with Gasteiger partial charge in [-0.15, -0.1) is 0 Å². The third kappa shape index (κ3) is 5.33. The van der Waals surface area contributed by atoms with Crippen molar-refractivity contribution in [3.63, 3.8) is 0 Å². The molecule has 0 saturated heterocycles. The molecule has 0 fully saturated rings. The molecular weight excluding hydrogens is 400 g/mol. The lowest BCUT2D eigenvalue weighted by Gasteiger charge is -2.30. The minimum absolute atomic E-state index is 0.0549. The standard InChI is InChI=1S/C23H30N2O4S/c1-16(2)15-29-21-7-9-22(10-8-21)30(27,28)24-20-6-5-18-11-12-25(14-19(18)13-20)23(26)17(3)4/h5-10,13,16-17,24H,11-12,14-15H2,1-4H3. The Labute approximate surface area is 179 Å². The van der Waals surface area contributed by atoms with E-state index in [0.717, 1.165) is 17.5 Å². The van der Waals surface area contributed by atoms with Crippen molar-refractivity contribution in [2.24, 2.45) is 11.8 Å². The summed E-state index contributed by atoms with van der Waals surface area (Å²) in [6.07, 6.45) is 0.776.